The fourth-order valence-electron chi connectivity index (χ4n) is 4.09. The van der Waals surface area contributed by atoms with E-state index in [1.54, 1.807) is 38.3 Å². The highest BCUT2D eigenvalue weighted by atomic mass is 32.2. The molecule has 0 bridgehead atoms. The first-order chi connectivity index (χ1) is 14.7. The number of anilines is 1. The van der Waals surface area contributed by atoms with Crippen LogP contribution in [0.15, 0.2) is 34.1 Å². The van der Waals surface area contributed by atoms with Crippen molar-refractivity contribution in [2.45, 2.75) is 43.0 Å². The van der Waals surface area contributed by atoms with E-state index in [4.69, 9.17) is 9.47 Å². The van der Waals surface area contributed by atoms with Crippen LogP contribution in [0.5, 0.6) is 5.75 Å². The van der Waals surface area contributed by atoms with Crippen LogP contribution in [-0.2, 0) is 31.1 Å². The maximum atomic E-state index is 13.4. The van der Waals surface area contributed by atoms with Crippen LogP contribution in [0, 0.1) is 5.92 Å². The summed E-state index contributed by atoms with van der Waals surface area (Å²) in [5.41, 5.74) is -0.267. The van der Waals surface area contributed by atoms with Gasteiger partial charge in [0.2, 0.25) is 11.8 Å². The lowest BCUT2D eigenvalue weighted by atomic mass is 9.76. The molecule has 1 aromatic heterocycles. The molecule has 4 rings (SSSR count). The third-order valence-corrected chi connectivity index (χ3v) is 8.45. The number of nitrogens with zero attached hydrogens (tertiary/aromatic N) is 2. The average molecular weight is 463 g/mol. The molecule has 2 amide bonds. The van der Waals surface area contributed by atoms with Crippen molar-refractivity contribution >= 4 is 46.6 Å². The van der Waals surface area contributed by atoms with E-state index in [2.05, 4.69) is 0 Å². The second-order valence-corrected chi connectivity index (χ2v) is 9.93. The van der Waals surface area contributed by atoms with E-state index in [1.165, 1.54) is 21.2 Å². The minimum atomic E-state index is -0.747. The second kappa shape index (κ2) is 7.83. The van der Waals surface area contributed by atoms with Crippen molar-refractivity contribution < 1.29 is 23.9 Å². The van der Waals surface area contributed by atoms with Gasteiger partial charge < -0.3 is 9.47 Å². The van der Waals surface area contributed by atoms with Gasteiger partial charge in [0.1, 0.15) is 17.5 Å². The van der Waals surface area contributed by atoms with Gasteiger partial charge >= 0.3 is 10.8 Å². The Hall–Kier alpha value is -2.59. The molecule has 0 spiro atoms. The monoisotopic (exact) mass is 462 g/mol. The number of fused-ring (bicyclic) bond motifs is 2. The Balaban J connectivity index is 1.73. The summed E-state index contributed by atoms with van der Waals surface area (Å²) in [6.07, 6.45) is 0. The second-order valence-electron chi connectivity index (χ2n) is 7.84. The Bertz CT molecular complexity index is 1120. The summed E-state index contributed by atoms with van der Waals surface area (Å²) < 4.78 is 11.5. The number of esters is 1. The summed E-state index contributed by atoms with van der Waals surface area (Å²) in [7, 11) is 1.54. The number of thioether (sulfide) groups is 1. The van der Waals surface area contributed by atoms with Crippen molar-refractivity contribution in [2.75, 3.05) is 18.6 Å². The van der Waals surface area contributed by atoms with Crippen molar-refractivity contribution in [3.63, 3.8) is 0 Å². The van der Waals surface area contributed by atoms with Gasteiger partial charge in [-0.3, -0.25) is 23.7 Å². The molecule has 3 heterocycles. The molecule has 0 N–H and O–H groups in total. The molecule has 2 unspecified atom stereocenters. The minimum Gasteiger partial charge on any atom is -0.497 e. The zero-order chi connectivity index (χ0) is 22.5. The number of benzene rings is 1. The van der Waals surface area contributed by atoms with E-state index in [-0.39, 0.29) is 29.8 Å². The van der Waals surface area contributed by atoms with Crippen molar-refractivity contribution in [3.05, 3.63) is 38.8 Å². The smallest absolute Gasteiger partial charge is 0.326 e. The molecule has 0 radical (unpaired) electrons. The van der Waals surface area contributed by atoms with Gasteiger partial charge in [0, 0.05) is 10.3 Å². The zero-order valence-electron chi connectivity index (χ0n) is 17.5. The fraction of sp³-hybridized carbons (Fsp3) is 0.429. The average Bonchev–Trinajstić information content (AvgIpc) is 3.17. The first-order valence-corrected chi connectivity index (χ1v) is 11.5. The van der Waals surface area contributed by atoms with Gasteiger partial charge in [-0.1, -0.05) is 36.9 Å². The summed E-state index contributed by atoms with van der Waals surface area (Å²) in [6.45, 7) is 5.44. The highest BCUT2D eigenvalue weighted by Gasteiger charge is 2.59. The Morgan fingerprint density at radius 3 is 2.42 bits per heavy atom. The van der Waals surface area contributed by atoms with Gasteiger partial charge in [-0.15, -0.1) is 0 Å². The van der Waals surface area contributed by atoms with Crippen molar-refractivity contribution in [1.29, 1.82) is 0 Å². The lowest BCUT2D eigenvalue weighted by molar-refractivity contribution is -0.144. The predicted molar refractivity (Wildman–Crippen MR) is 117 cm³/mol. The zero-order valence-corrected chi connectivity index (χ0v) is 19.2. The number of carbonyl (C=O) groups is 3. The Morgan fingerprint density at radius 1 is 1.13 bits per heavy atom. The molecule has 10 heteroatoms. The van der Waals surface area contributed by atoms with Crippen molar-refractivity contribution in [3.8, 4) is 5.75 Å². The topological polar surface area (TPSA) is 94.9 Å². The number of thiazole rings is 1. The van der Waals surface area contributed by atoms with E-state index in [9.17, 15) is 19.2 Å². The number of imide groups is 1. The number of hydrogen-bond acceptors (Lipinski definition) is 8. The summed E-state index contributed by atoms with van der Waals surface area (Å²) >= 11 is 2.20. The molecule has 2 atom stereocenters. The number of aromatic nitrogens is 1. The maximum Gasteiger partial charge on any atom is 0.326 e. The van der Waals surface area contributed by atoms with Crippen molar-refractivity contribution in [1.82, 2.24) is 4.57 Å². The van der Waals surface area contributed by atoms with Gasteiger partial charge in [-0.2, -0.15) is 0 Å². The van der Waals surface area contributed by atoms with Crippen LogP contribution in [0.2, 0.25) is 0 Å². The van der Waals surface area contributed by atoms with Crippen LogP contribution in [0.4, 0.5) is 5.69 Å². The number of carbonyl (C=O) groups excluding carboxylic acids is 3. The highest BCUT2D eigenvalue weighted by molar-refractivity contribution is 8.00. The maximum absolute atomic E-state index is 13.4. The van der Waals surface area contributed by atoms with Crippen LogP contribution < -0.4 is 14.5 Å². The number of amides is 2. The van der Waals surface area contributed by atoms with E-state index in [0.717, 1.165) is 11.3 Å². The Morgan fingerprint density at radius 2 is 1.81 bits per heavy atom. The van der Waals surface area contributed by atoms with Gasteiger partial charge in [0.05, 0.1) is 30.3 Å². The molecule has 1 saturated heterocycles. The SMILES string of the molecule is CCOC(=O)Cn1c2c(sc1=O)C(C)(C)C1C(=O)N(c3ccc(OC)cc3)C(=O)C1S2. The van der Waals surface area contributed by atoms with E-state index in [1.807, 2.05) is 13.8 Å². The van der Waals surface area contributed by atoms with E-state index >= 15 is 0 Å². The van der Waals surface area contributed by atoms with E-state index in [0.29, 0.717) is 21.3 Å². The van der Waals surface area contributed by atoms with Gasteiger partial charge in [-0.05, 0) is 31.2 Å². The quantitative estimate of drug-likeness (QED) is 0.497. The van der Waals surface area contributed by atoms with Crippen LogP contribution in [0.25, 0.3) is 0 Å². The number of ether oxygens (including phenoxy) is 2. The molecule has 1 aromatic carbocycles. The summed E-state index contributed by atoms with van der Waals surface area (Å²) in [6, 6.07) is 6.75. The Labute approximate surface area is 187 Å². The molecular weight excluding hydrogens is 440 g/mol. The third-order valence-electron chi connectivity index (χ3n) is 5.63. The molecule has 31 heavy (non-hydrogen) atoms. The van der Waals surface area contributed by atoms with E-state index < -0.39 is 22.6 Å². The number of hydrogen-bond donors (Lipinski definition) is 0. The number of rotatable bonds is 5. The first kappa shape index (κ1) is 21.6. The molecular formula is C21H22N2O6S2. The van der Waals surface area contributed by atoms with Crippen LogP contribution >= 0.6 is 23.1 Å². The molecule has 0 saturated carbocycles. The summed E-state index contributed by atoms with van der Waals surface area (Å²) in [5.74, 6) is -1.13. The molecule has 0 aliphatic carbocycles. The van der Waals surface area contributed by atoms with Gasteiger partial charge in [0.15, 0.2) is 0 Å². The van der Waals surface area contributed by atoms with Crippen molar-refractivity contribution in [2.24, 2.45) is 5.92 Å². The molecule has 2 aliphatic heterocycles. The fourth-order valence-corrected chi connectivity index (χ4v) is 7.13. The predicted octanol–water partition coefficient (Wildman–Crippen LogP) is 2.42. The lowest BCUT2D eigenvalue weighted by Crippen LogP contribution is -2.41. The number of methoxy groups -OCH3 is 1. The normalized spacial score (nSPS) is 21.6. The largest absolute Gasteiger partial charge is 0.497 e. The van der Waals surface area contributed by atoms with Crippen LogP contribution in [-0.4, -0.2) is 41.3 Å². The third kappa shape index (κ3) is 3.38. The molecule has 8 nitrogen and oxygen atoms in total. The minimum absolute atomic E-state index is 0.215. The molecule has 2 aliphatic rings. The summed E-state index contributed by atoms with van der Waals surface area (Å²) in [5, 5.41) is -0.119. The standard InChI is InChI=1S/C21H22N2O6S2/c1-5-29-13(24)10-22-19-16(31-20(22)27)21(2,3)14-15(30-19)18(26)23(17(14)25)11-6-8-12(28-4)9-7-11/h6-9,14-15H,5,10H2,1-4H3. The molecule has 1 fully saturated rings. The molecule has 2 aromatic rings. The van der Waals surface area contributed by atoms with Gasteiger partial charge in [0.25, 0.3) is 0 Å². The summed E-state index contributed by atoms with van der Waals surface area (Å²) in [4.78, 5) is 53.0. The van der Waals surface area contributed by atoms with Crippen LogP contribution in [0.3, 0.4) is 0 Å². The Kier molecular flexibility index (Phi) is 5.47. The lowest BCUT2D eigenvalue weighted by Gasteiger charge is -2.36. The highest BCUT2D eigenvalue weighted by Crippen LogP contribution is 2.54. The molecule has 164 valence electrons. The van der Waals surface area contributed by atoms with Crippen LogP contribution in [0.1, 0.15) is 25.6 Å². The first-order valence-electron chi connectivity index (χ1n) is 9.79. The van der Waals surface area contributed by atoms with Gasteiger partial charge in [-0.25, -0.2) is 4.90 Å².